The zero-order valence-electron chi connectivity index (χ0n) is 14.6. The summed E-state index contributed by atoms with van der Waals surface area (Å²) in [6.45, 7) is 6.95. The van der Waals surface area contributed by atoms with Crippen molar-refractivity contribution in [2.45, 2.75) is 32.7 Å². The normalized spacial score (nSPS) is 11.2. The van der Waals surface area contributed by atoms with Crippen LogP contribution in [0.2, 0.25) is 0 Å². The van der Waals surface area contributed by atoms with Crippen molar-refractivity contribution in [3.8, 4) is 0 Å². The molecule has 4 nitrogen and oxygen atoms in total. The number of hydrogen-bond acceptors (Lipinski definition) is 3. The number of carbonyl (C=O) groups is 2. The summed E-state index contributed by atoms with van der Waals surface area (Å²) in [5.74, 6) is -0.337. The van der Waals surface area contributed by atoms with E-state index >= 15 is 0 Å². The topological polar surface area (TPSA) is 49.4 Å². The third-order valence-corrected chi connectivity index (χ3v) is 4.67. The van der Waals surface area contributed by atoms with E-state index in [0.717, 1.165) is 4.88 Å². The highest BCUT2D eigenvalue weighted by Gasteiger charge is 2.15. The Hall–Kier alpha value is -2.14. The Morgan fingerprint density at radius 1 is 1.12 bits per heavy atom. The molecule has 0 fully saturated rings. The molecule has 0 aliphatic rings. The molecule has 0 aliphatic heterocycles. The Morgan fingerprint density at radius 3 is 2.33 bits per heavy atom. The third kappa shape index (κ3) is 4.93. The summed E-state index contributed by atoms with van der Waals surface area (Å²) >= 11 is 1.61. The summed E-state index contributed by atoms with van der Waals surface area (Å²) < 4.78 is 0. The van der Waals surface area contributed by atoms with Gasteiger partial charge in [-0.1, -0.05) is 39.0 Å². The fourth-order valence-corrected chi connectivity index (χ4v) is 3.00. The molecular formula is C19H24N2O2S. The number of thiophene rings is 1. The van der Waals surface area contributed by atoms with Gasteiger partial charge in [-0.25, -0.2) is 0 Å². The number of nitrogens with one attached hydrogen (secondary N) is 1. The first kappa shape index (κ1) is 18.2. The molecule has 1 aromatic heterocycles. The monoisotopic (exact) mass is 344 g/mol. The molecule has 0 saturated carbocycles. The van der Waals surface area contributed by atoms with E-state index in [2.05, 4.69) is 26.1 Å². The van der Waals surface area contributed by atoms with Gasteiger partial charge in [-0.05, 0) is 34.6 Å². The van der Waals surface area contributed by atoms with Crippen LogP contribution in [0.25, 0.3) is 0 Å². The fourth-order valence-electron chi connectivity index (χ4n) is 2.24. The van der Waals surface area contributed by atoms with E-state index < -0.39 is 0 Å². The molecule has 2 aromatic rings. The van der Waals surface area contributed by atoms with Crippen molar-refractivity contribution in [1.82, 2.24) is 10.2 Å². The van der Waals surface area contributed by atoms with E-state index in [1.807, 2.05) is 29.6 Å². The van der Waals surface area contributed by atoms with Gasteiger partial charge in [-0.15, -0.1) is 11.3 Å². The van der Waals surface area contributed by atoms with E-state index in [1.54, 1.807) is 35.4 Å². The van der Waals surface area contributed by atoms with Crippen LogP contribution in [0, 0.1) is 0 Å². The Balaban J connectivity index is 1.87. The van der Waals surface area contributed by atoms with Gasteiger partial charge in [0, 0.05) is 17.5 Å². The minimum atomic E-state index is -0.228. The van der Waals surface area contributed by atoms with Crippen LogP contribution in [0.4, 0.5) is 0 Å². The average molecular weight is 344 g/mol. The van der Waals surface area contributed by atoms with Crippen molar-refractivity contribution < 1.29 is 9.59 Å². The Bertz CT molecular complexity index is 685. The van der Waals surface area contributed by atoms with Crippen LogP contribution in [0.5, 0.6) is 0 Å². The Labute approximate surface area is 147 Å². The van der Waals surface area contributed by atoms with Crippen molar-refractivity contribution in [3.05, 3.63) is 57.8 Å². The van der Waals surface area contributed by atoms with Gasteiger partial charge < -0.3 is 10.2 Å². The molecule has 0 spiro atoms. The van der Waals surface area contributed by atoms with Crippen molar-refractivity contribution in [1.29, 1.82) is 0 Å². The number of benzene rings is 1. The third-order valence-electron chi connectivity index (χ3n) is 3.81. The molecule has 1 aromatic carbocycles. The number of hydrogen-bond donors (Lipinski definition) is 1. The van der Waals surface area contributed by atoms with Crippen LogP contribution in [-0.4, -0.2) is 30.3 Å². The minimum absolute atomic E-state index is 0.00172. The Morgan fingerprint density at radius 2 is 1.79 bits per heavy atom. The van der Waals surface area contributed by atoms with Gasteiger partial charge in [0.25, 0.3) is 5.91 Å². The maximum atomic E-state index is 12.2. The molecule has 0 aliphatic carbocycles. The average Bonchev–Trinajstić information content (AvgIpc) is 3.04. The highest BCUT2D eigenvalue weighted by atomic mass is 32.1. The van der Waals surface area contributed by atoms with Crippen molar-refractivity contribution in [2.75, 3.05) is 13.6 Å². The van der Waals surface area contributed by atoms with Crippen molar-refractivity contribution in [2.24, 2.45) is 0 Å². The second-order valence-electron chi connectivity index (χ2n) is 6.84. The lowest BCUT2D eigenvalue weighted by Gasteiger charge is -2.19. The van der Waals surface area contributed by atoms with Crippen LogP contribution in [0.3, 0.4) is 0 Å². The summed E-state index contributed by atoms with van der Waals surface area (Å²) in [6, 6.07) is 11.5. The van der Waals surface area contributed by atoms with Gasteiger partial charge in [0.2, 0.25) is 5.91 Å². The lowest BCUT2D eigenvalue weighted by atomic mass is 9.87. The smallest absolute Gasteiger partial charge is 0.251 e. The van der Waals surface area contributed by atoms with Crippen LogP contribution in [-0.2, 0) is 16.8 Å². The maximum absolute atomic E-state index is 12.2. The predicted molar refractivity (Wildman–Crippen MR) is 98.3 cm³/mol. The molecule has 0 atom stereocenters. The highest BCUT2D eigenvalue weighted by Crippen LogP contribution is 2.22. The number of carbonyl (C=O) groups excluding carboxylic acids is 2. The lowest BCUT2D eigenvalue weighted by molar-refractivity contribution is -0.129. The van der Waals surface area contributed by atoms with Crippen LogP contribution >= 0.6 is 11.3 Å². The number of amides is 2. The molecular weight excluding hydrogens is 320 g/mol. The van der Waals surface area contributed by atoms with E-state index in [1.165, 1.54) is 5.56 Å². The quantitative estimate of drug-likeness (QED) is 0.903. The number of rotatable bonds is 5. The lowest BCUT2D eigenvalue weighted by Crippen LogP contribution is -2.37. The van der Waals surface area contributed by atoms with Gasteiger partial charge in [0.1, 0.15) is 0 Å². The molecule has 2 rings (SSSR count). The first-order valence-corrected chi connectivity index (χ1v) is 8.80. The fraction of sp³-hybridized carbons (Fsp3) is 0.368. The molecule has 0 saturated heterocycles. The molecule has 0 radical (unpaired) electrons. The zero-order valence-corrected chi connectivity index (χ0v) is 15.4. The second-order valence-corrected chi connectivity index (χ2v) is 7.87. The SMILES string of the molecule is CN(Cc1cccs1)C(=O)CNC(=O)c1ccc(C(C)(C)C)cc1. The van der Waals surface area contributed by atoms with E-state index in [9.17, 15) is 9.59 Å². The summed E-state index contributed by atoms with van der Waals surface area (Å²) in [4.78, 5) is 27.0. The van der Waals surface area contributed by atoms with Crippen LogP contribution < -0.4 is 5.32 Å². The minimum Gasteiger partial charge on any atom is -0.343 e. The second kappa shape index (κ2) is 7.62. The van der Waals surface area contributed by atoms with E-state index in [4.69, 9.17) is 0 Å². The van der Waals surface area contributed by atoms with Gasteiger partial charge in [0.15, 0.2) is 0 Å². The maximum Gasteiger partial charge on any atom is 0.251 e. The van der Waals surface area contributed by atoms with Crippen molar-refractivity contribution >= 4 is 23.2 Å². The first-order chi connectivity index (χ1) is 11.3. The number of likely N-dealkylation sites (N-methyl/N-ethyl adjacent to an activating group) is 1. The highest BCUT2D eigenvalue weighted by molar-refractivity contribution is 7.09. The molecule has 5 heteroatoms. The summed E-state index contributed by atoms with van der Waals surface area (Å²) in [5.41, 5.74) is 1.79. The predicted octanol–water partition coefficient (Wildman–Crippen LogP) is 3.43. The molecule has 2 amide bonds. The summed E-state index contributed by atoms with van der Waals surface area (Å²) in [7, 11) is 1.74. The summed E-state index contributed by atoms with van der Waals surface area (Å²) in [6.07, 6.45) is 0. The zero-order chi connectivity index (χ0) is 17.7. The van der Waals surface area contributed by atoms with E-state index in [0.29, 0.717) is 12.1 Å². The van der Waals surface area contributed by atoms with Crippen LogP contribution in [0.15, 0.2) is 41.8 Å². The van der Waals surface area contributed by atoms with Crippen molar-refractivity contribution in [3.63, 3.8) is 0 Å². The molecule has 128 valence electrons. The molecule has 1 N–H and O–H groups in total. The van der Waals surface area contributed by atoms with Gasteiger partial charge >= 0.3 is 0 Å². The molecule has 24 heavy (non-hydrogen) atoms. The molecule has 0 unspecified atom stereocenters. The Kier molecular flexibility index (Phi) is 5.78. The largest absolute Gasteiger partial charge is 0.343 e. The van der Waals surface area contributed by atoms with Gasteiger partial charge in [-0.2, -0.15) is 0 Å². The van der Waals surface area contributed by atoms with E-state index in [-0.39, 0.29) is 23.8 Å². The molecule has 0 bridgehead atoms. The standard InChI is InChI=1S/C19H24N2O2S/c1-19(2,3)15-9-7-14(8-10-15)18(23)20-12-17(22)21(4)13-16-6-5-11-24-16/h5-11H,12-13H2,1-4H3,(H,20,23). The van der Waals surface area contributed by atoms with Gasteiger partial charge in [-0.3, -0.25) is 9.59 Å². The molecule has 1 heterocycles. The van der Waals surface area contributed by atoms with Crippen LogP contribution in [0.1, 0.15) is 41.6 Å². The first-order valence-electron chi connectivity index (χ1n) is 7.92. The number of nitrogens with zero attached hydrogens (tertiary/aromatic N) is 1. The van der Waals surface area contributed by atoms with Gasteiger partial charge in [0.05, 0.1) is 13.1 Å². The summed E-state index contributed by atoms with van der Waals surface area (Å²) in [5, 5.41) is 4.67.